The molecule has 0 radical (unpaired) electrons. The first-order chi connectivity index (χ1) is 5.66. The van der Waals surface area contributed by atoms with Crippen LogP contribution in [0.4, 0.5) is 0 Å². The molecule has 0 saturated heterocycles. The Hall–Kier alpha value is -1.35. The van der Waals surface area contributed by atoms with Gasteiger partial charge in [-0.25, -0.2) is 4.98 Å². The Morgan fingerprint density at radius 2 is 2.50 bits per heavy atom. The molecular weight excluding hydrogens is 150 g/mol. The Labute approximate surface area is 71.3 Å². The minimum Gasteiger partial charge on any atom is -0.345 e. The molecule has 0 aliphatic rings. The molecule has 3 nitrogen and oxygen atoms in total. The Morgan fingerprint density at radius 1 is 1.83 bits per heavy atom. The minimum absolute atomic E-state index is 0.0636. The van der Waals surface area contributed by atoms with E-state index in [0.717, 1.165) is 16.3 Å². The number of aromatic nitrogens is 2. The van der Waals surface area contributed by atoms with Crippen molar-refractivity contribution in [3.63, 3.8) is 0 Å². The summed E-state index contributed by atoms with van der Waals surface area (Å²) in [5.74, 6) is 0. The van der Waals surface area contributed by atoms with E-state index in [1.807, 2.05) is 6.92 Å². The van der Waals surface area contributed by atoms with E-state index in [0.29, 0.717) is 0 Å². The summed E-state index contributed by atoms with van der Waals surface area (Å²) in [6.07, 6.45) is 3.32. The van der Waals surface area contributed by atoms with Crippen LogP contribution < -0.4 is 16.4 Å². The third-order valence-electron chi connectivity index (χ3n) is 1.70. The molecule has 0 aromatic carbocycles. The molecule has 1 rings (SSSR count). The smallest absolute Gasteiger partial charge is 0.0931 e. The number of nitrogens with one attached hydrogen (secondary N) is 1. The third-order valence-corrected chi connectivity index (χ3v) is 1.70. The van der Waals surface area contributed by atoms with Crippen LogP contribution in [0, 0.1) is 0 Å². The quantitative estimate of drug-likeness (QED) is 0.618. The fourth-order valence-corrected chi connectivity index (χ4v) is 1.07. The van der Waals surface area contributed by atoms with Crippen molar-refractivity contribution in [1.82, 2.24) is 9.97 Å². The van der Waals surface area contributed by atoms with Crippen LogP contribution in [0.3, 0.4) is 0 Å². The zero-order valence-corrected chi connectivity index (χ0v) is 7.17. The van der Waals surface area contributed by atoms with Crippen molar-refractivity contribution in [2.24, 2.45) is 5.73 Å². The van der Waals surface area contributed by atoms with Crippen LogP contribution in [0.15, 0.2) is 19.0 Å². The molecule has 0 aliphatic carbocycles. The molecule has 3 heteroatoms. The Kier molecular flexibility index (Phi) is 2.45. The first-order valence-electron chi connectivity index (χ1n) is 3.77. The molecule has 1 unspecified atom stereocenters. The van der Waals surface area contributed by atoms with Crippen molar-refractivity contribution >= 4 is 12.2 Å². The second-order valence-electron chi connectivity index (χ2n) is 2.68. The number of imidazole rings is 1. The van der Waals surface area contributed by atoms with Gasteiger partial charge in [0.25, 0.3) is 0 Å². The van der Waals surface area contributed by atoms with E-state index < -0.39 is 0 Å². The zero-order valence-electron chi connectivity index (χ0n) is 7.17. The molecule has 1 aromatic rings. The largest absolute Gasteiger partial charge is 0.345 e. The molecule has 1 heterocycles. The molecule has 0 bridgehead atoms. The van der Waals surface area contributed by atoms with Gasteiger partial charge in [0.15, 0.2) is 0 Å². The molecule has 0 aliphatic heterocycles. The number of aromatic amines is 1. The van der Waals surface area contributed by atoms with Gasteiger partial charge in [-0.15, -0.1) is 0 Å². The van der Waals surface area contributed by atoms with Crippen molar-refractivity contribution in [2.75, 3.05) is 0 Å². The van der Waals surface area contributed by atoms with Gasteiger partial charge in [-0.2, -0.15) is 0 Å². The van der Waals surface area contributed by atoms with Crippen molar-refractivity contribution in [3.05, 3.63) is 29.7 Å². The molecule has 0 spiro atoms. The van der Waals surface area contributed by atoms with Crippen LogP contribution in [0.5, 0.6) is 0 Å². The summed E-state index contributed by atoms with van der Waals surface area (Å²) >= 11 is 0. The summed E-state index contributed by atoms with van der Waals surface area (Å²) < 4.78 is 0. The molecule has 1 atom stereocenters. The van der Waals surface area contributed by atoms with Gasteiger partial charge in [0.05, 0.1) is 17.0 Å². The SMILES string of the molecule is C=C/C(=c1/nc[nH]c1=C)C(C)N. The van der Waals surface area contributed by atoms with Crippen LogP contribution in [0.2, 0.25) is 0 Å². The second-order valence-corrected chi connectivity index (χ2v) is 2.68. The maximum atomic E-state index is 5.72. The number of hydrogen-bond acceptors (Lipinski definition) is 2. The summed E-state index contributed by atoms with van der Waals surface area (Å²) in [6, 6.07) is -0.0636. The summed E-state index contributed by atoms with van der Waals surface area (Å²) in [7, 11) is 0. The number of nitrogens with zero attached hydrogens (tertiary/aromatic N) is 1. The fourth-order valence-electron chi connectivity index (χ4n) is 1.07. The predicted octanol–water partition coefficient (Wildman–Crippen LogP) is -0.496. The average Bonchev–Trinajstić information content (AvgIpc) is 2.38. The van der Waals surface area contributed by atoms with E-state index in [4.69, 9.17) is 5.73 Å². The maximum absolute atomic E-state index is 5.72. The van der Waals surface area contributed by atoms with E-state index in [9.17, 15) is 0 Å². The van der Waals surface area contributed by atoms with E-state index in [1.54, 1.807) is 12.4 Å². The zero-order chi connectivity index (χ0) is 9.14. The highest BCUT2D eigenvalue weighted by Gasteiger charge is 2.01. The van der Waals surface area contributed by atoms with Gasteiger partial charge in [0.1, 0.15) is 0 Å². The van der Waals surface area contributed by atoms with E-state index in [-0.39, 0.29) is 6.04 Å². The molecule has 0 amide bonds. The van der Waals surface area contributed by atoms with Gasteiger partial charge in [0.2, 0.25) is 0 Å². The lowest BCUT2D eigenvalue weighted by atomic mass is 10.1. The summed E-state index contributed by atoms with van der Waals surface area (Å²) in [5.41, 5.74) is 6.64. The van der Waals surface area contributed by atoms with E-state index >= 15 is 0 Å². The summed E-state index contributed by atoms with van der Waals surface area (Å²) in [4.78, 5) is 6.99. The lowest BCUT2D eigenvalue weighted by Crippen LogP contribution is -2.31. The Morgan fingerprint density at radius 3 is 2.83 bits per heavy atom. The van der Waals surface area contributed by atoms with E-state index in [2.05, 4.69) is 23.1 Å². The third kappa shape index (κ3) is 1.46. The second kappa shape index (κ2) is 3.36. The van der Waals surface area contributed by atoms with Crippen molar-refractivity contribution in [2.45, 2.75) is 13.0 Å². The highest BCUT2D eigenvalue weighted by molar-refractivity contribution is 5.58. The normalized spacial score (nSPS) is 15.5. The van der Waals surface area contributed by atoms with Gasteiger partial charge < -0.3 is 10.7 Å². The lowest BCUT2D eigenvalue weighted by molar-refractivity contribution is 0.940. The van der Waals surface area contributed by atoms with Gasteiger partial charge >= 0.3 is 0 Å². The van der Waals surface area contributed by atoms with Crippen LogP contribution in [-0.4, -0.2) is 16.0 Å². The number of rotatable bonds is 2. The Bertz CT molecular complexity index is 373. The number of H-pyrrole nitrogens is 1. The lowest BCUT2D eigenvalue weighted by Gasteiger charge is -2.02. The number of hydrogen-bond donors (Lipinski definition) is 2. The molecule has 3 N–H and O–H groups in total. The highest BCUT2D eigenvalue weighted by atomic mass is 14.9. The predicted molar refractivity (Wildman–Crippen MR) is 50.6 cm³/mol. The van der Waals surface area contributed by atoms with Crippen molar-refractivity contribution in [3.8, 4) is 0 Å². The highest BCUT2D eigenvalue weighted by Crippen LogP contribution is 1.96. The van der Waals surface area contributed by atoms with Crippen LogP contribution in [0.25, 0.3) is 12.2 Å². The summed E-state index contributed by atoms with van der Waals surface area (Å²) in [5, 5.41) is 1.59. The minimum atomic E-state index is -0.0636. The first kappa shape index (κ1) is 8.74. The Balaban J connectivity index is 3.48. The molecular formula is C9H13N3. The number of nitrogens with two attached hydrogens (primary N) is 1. The molecule has 0 fully saturated rings. The van der Waals surface area contributed by atoms with Gasteiger partial charge in [-0.05, 0) is 12.5 Å². The molecule has 1 aromatic heterocycles. The molecule has 64 valence electrons. The van der Waals surface area contributed by atoms with Crippen LogP contribution in [0.1, 0.15) is 6.92 Å². The monoisotopic (exact) mass is 163 g/mol. The van der Waals surface area contributed by atoms with Gasteiger partial charge in [-0.1, -0.05) is 19.2 Å². The van der Waals surface area contributed by atoms with Crippen LogP contribution in [-0.2, 0) is 0 Å². The fraction of sp³-hybridized carbons (Fsp3) is 0.222. The maximum Gasteiger partial charge on any atom is 0.0931 e. The standard InChI is InChI=1S/C9H13N3/c1-4-8(6(2)10)9-7(3)11-5-12-9/h4-6H,1,3,10H2,2H3,(H,11,12)/b9-8-. The van der Waals surface area contributed by atoms with Crippen LogP contribution >= 0.6 is 0 Å². The molecule has 12 heavy (non-hydrogen) atoms. The van der Waals surface area contributed by atoms with E-state index in [1.165, 1.54) is 0 Å². The van der Waals surface area contributed by atoms with Crippen molar-refractivity contribution < 1.29 is 0 Å². The topological polar surface area (TPSA) is 54.7 Å². The van der Waals surface area contributed by atoms with Gasteiger partial charge in [-0.3, -0.25) is 0 Å². The molecule has 0 saturated carbocycles. The van der Waals surface area contributed by atoms with Crippen molar-refractivity contribution in [1.29, 1.82) is 0 Å². The summed E-state index contributed by atoms with van der Waals surface area (Å²) in [6.45, 7) is 9.36. The average molecular weight is 163 g/mol. The first-order valence-corrected chi connectivity index (χ1v) is 3.77. The van der Waals surface area contributed by atoms with Gasteiger partial charge in [0, 0.05) is 6.04 Å².